The molecular formula is C19H20Cl2N2O3S. The zero-order valence-electron chi connectivity index (χ0n) is 14.6. The minimum Gasteiger partial charge on any atom is -0.373 e. The van der Waals surface area contributed by atoms with Gasteiger partial charge in [0, 0.05) is 24.3 Å². The Labute approximate surface area is 171 Å². The maximum absolute atomic E-state index is 12.8. The number of carbonyl (C=O) groups is 1. The third kappa shape index (κ3) is 5.09. The lowest BCUT2D eigenvalue weighted by atomic mass is 10.1. The summed E-state index contributed by atoms with van der Waals surface area (Å²) in [7, 11) is -1.34. The molecule has 5 nitrogen and oxygen atoms in total. The van der Waals surface area contributed by atoms with Gasteiger partial charge in [-0.2, -0.15) is 0 Å². The minimum absolute atomic E-state index is 0.0809. The maximum Gasteiger partial charge on any atom is 0.211 e. The number of halogens is 2. The molecule has 1 heterocycles. The third-order valence-electron chi connectivity index (χ3n) is 4.45. The normalized spacial score (nSPS) is 16.8. The van der Waals surface area contributed by atoms with Gasteiger partial charge in [-0.3, -0.25) is 4.79 Å². The number of hydrogen-bond donors (Lipinski definition) is 1. The Kier molecular flexibility index (Phi) is 7.26. The smallest absolute Gasteiger partial charge is 0.211 e. The molecule has 1 saturated heterocycles. The lowest BCUT2D eigenvalue weighted by molar-refractivity contribution is -0.105. The second-order valence-corrected chi connectivity index (χ2v) is 8.40. The lowest BCUT2D eigenvalue weighted by Gasteiger charge is -2.31. The second kappa shape index (κ2) is 9.66. The number of amides is 1. The average molecular weight is 427 g/mol. The van der Waals surface area contributed by atoms with Crippen LogP contribution in [0, 0.1) is 0 Å². The number of nitrogens with zero attached hydrogens (tertiary/aromatic N) is 1. The van der Waals surface area contributed by atoms with Crippen molar-refractivity contribution in [3.63, 3.8) is 0 Å². The van der Waals surface area contributed by atoms with Gasteiger partial charge in [-0.1, -0.05) is 47.5 Å². The molecule has 1 N–H and O–H groups in total. The van der Waals surface area contributed by atoms with E-state index in [1.807, 2.05) is 28.6 Å². The first kappa shape index (κ1) is 20.3. The Balaban J connectivity index is 1.54. The van der Waals surface area contributed by atoms with Crippen molar-refractivity contribution in [3.8, 4) is 0 Å². The van der Waals surface area contributed by atoms with Crippen LogP contribution in [0.3, 0.4) is 0 Å². The summed E-state index contributed by atoms with van der Waals surface area (Å²) in [5, 5.41) is 3.43. The molecule has 3 rings (SSSR count). The SMILES string of the molecule is O=CNc1ccccc1COC1CCN(S(=O)c2cccc(Cl)c2Cl)CC1. The number of nitrogens with one attached hydrogen (secondary N) is 1. The quantitative estimate of drug-likeness (QED) is 0.672. The van der Waals surface area contributed by atoms with Gasteiger partial charge in [0.2, 0.25) is 6.41 Å². The number of carbonyl (C=O) groups excluding carboxylic acids is 1. The van der Waals surface area contributed by atoms with Crippen molar-refractivity contribution >= 4 is 46.3 Å². The fourth-order valence-corrected chi connectivity index (χ4v) is 4.81. The first-order valence-electron chi connectivity index (χ1n) is 8.60. The molecule has 1 amide bonds. The number of rotatable bonds is 7. The molecule has 1 unspecified atom stereocenters. The molecule has 0 spiro atoms. The van der Waals surface area contributed by atoms with Crippen molar-refractivity contribution in [2.45, 2.75) is 30.4 Å². The summed E-state index contributed by atoms with van der Waals surface area (Å²) in [5.41, 5.74) is 1.68. The molecule has 8 heteroatoms. The van der Waals surface area contributed by atoms with Crippen molar-refractivity contribution in [1.82, 2.24) is 4.31 Å². The van der Waals surface area contributed by atoms with Crippen LogP contribution in [0.25, 0.3) is 0 Å². The molecular weight excluding hydrogens is 407 g/mol. The molecule has 1 atom stereocenters. The van der Waals surface area contributed by atoms with Gasteiger partial charge < -0.3 is 10.1 Å². The van der Waals surface area contributed by atoms with E-state index in [1.54, 1.807) is 18.2 Å². The van der Waals surface area contributed by atoms with Crippen LogP contribution in [0.4, 0.5) is 5.69 Å². The van der Waals surface area contributed by atoms with Crippen molar-refractivity contribution in [3.05, 3.63) is 58.1 Å². The van der Waals surface area contributed by atoms with Crippen LogP contribution in [0.1, 0.15) is 18.4 Å². The van der Waals surface area contributed by atoms with Gasteiger partial charge >= 0.3 is 0 Å². The van der Waals surface area contributed by atoms with E-state index < -0.39 is 11.0 Å². The van der Waals surface area contributed by atoms with E-state index in [0.29, 0.717) is 41.0 Å². The molecule has 0 aromatic heterocycles. The van der Waals surface area contributed by atoms with Crippen LogP contribution in [0.5, 0.6) is 0 Å². The van der Waals surface area contributed by atoms with Crippen LogP contribution < -0.4 is 5.32 Å². The number of anilines is 1. The first-order valence-corrected chi connectivity index (χ1v) is 10.5. The molecule has 1 aliphatic heterocycles. The summed E-state index contributed by atoms with van der Waals surface area (Å²) in [6, 6.07) is 12.7. The molecule has 144 valence electrons. The number of hydrogen-bond acceptors (Lipinski definition) is 3. The molecule has 0 radical (unpaired) electrons. The number of para-hydroxylation sites is 1. The number of ether oxygens (including phenoxy) is 1. The van der Waals surface area contributed by atoms with Crippen LogP contribution >= 0.6 is 23.2 Å². The predicted octanol–water partition coefficient (Wildman–Crippen LogP) is 4.27. The minimum atomic E-state index is -1.34. The van der Waals surface area contributed by atoms with E-state index in [0.717, 1.165) is 24.1 Å². The van der Waals surface area contributed by atoms with Gasteiger partial charge in [0.15, 0.2) is 0 Å². The molecule has 2 aromatic carbocycles. The van der Waals surface area contributed by atoms with E-state index in [-0.39, 0.29) is 6.10 Å². The Bertz CT molecular complexity index is 826. The van der Waals surface area contributed by atoms with Gasteiger partial charge in [0.25, 0.3) is 0 Å². The highest BCUT2D eigenvalue weighted by molar-refractivity contribution is 7.82. The Morgan fingerprint density at radius 2 is 1.89 bits per heavy atom. The molecule has 1 fully saturated rings. The summed E-state index contributed by atoms with van der Waals surface area (Å²) >= 11 is 12.2. The molecule has 0 saturated carbocycles. The lowest BCUT2D eigenvalue weighted by Crippen LogP contribution is -2.38. The Morgan fingerprint density at radius 3 is 2.63 bits per heavy atom. The second-order valence-electron chi connectivity index (χ2n) is 6.16. The van der Waals surface area contributed by atoms with Crippen LogP contribution in [0.15, 0.2) is 47.4 Å². The molecule has 0 aliphatic carbocycles. The summed E-state index contributed by atoms with van der Waals surface area (Å²) in [6.07, 6.45) is 2.28. The van der Waals surface area contributed by atoms with Crippen molar-refractivity contribution in [2.24, 2.45) is 0 Å². The van der Waals surface area contributed by atoms with E-state index >= 15 is 0 Å². The summed E-state index contributed by atoms with van der Waals surface area (Å²) in [5.74, 6) is 0. The van der Waals surface area contributed by atoms with E-state index in [2.05, 4.69) is 5.32 Å². The van der Waals surface area contributed by atoms with Gasteiger partial charge in [0.05, 0.1) is 27.7 Å². The van der Waals surface area contributed by atoms with E-state index in [9.17, 15) is 9.00 Å². The van der Waals surface area contributed by atoms with Crippen molar-refractivity contribution < 1.29 is 13.7 Å². The number of piperidine rings is 1. The van der Waals surface area contributed by atoms with Crippen LogP contribution in [0.2, 0.25) is 10.0 Å². The fourth-order valence-electron chi connectivity index (χ4n) is 2.98. The zero-order valence-corrected chi connectivity index (χ0v) is 16.9. The van der Waals surface area contributed by atoms with Gasteiger partial charge in [-0.15, -0.1) is 0 Å². The van der Waals surface area contributed by atoms with Gasteiger partial charge in [-0.05, 0) is 31.0 Å². The highest BCUT2D eigenvalue weighted by Gasteiger charge is 2.25. The van der Waals surface area contributed by atoms with Crippen LogP contribution in [-0.4, -0.2) is 34.1 Å². The molecule has 27 heavy (non-hydrogen) atoms. The predicted molar refractivity (Wildman–Crippen MR) is 108 cm³/mol. The topological polar surface area (TPSA) is 58.6 Å². The average Bonchev–Trinajstić information content (AvgIpc) is 2.69. The molecule has 2 aromatic rings. The fraction of sp³-hybridized carbons (Fsp3) is 0.316. The standard InChI is InChI=1S/C19H20Cl2N2O3S/c20-16-5-3-7-18(19(16)21)27(25)23-10-8-15(9-11-23)26-12-14-4-1-2-6-17(14)22-13-24/h1-7,13,15H,8-12H2,(H,22,24). The zero-order chi connectivity index (χ0) is 19.2. The first-order chi connectivity index (χ1) is 13.1. The van der Waals surface area contributed by atoms with E-state index in [4.69, 9.17) is 27.9 Å². The molecule has 1 aliphatic rings. The Hall–Kier alpha value is -1.44. The largest absolute Gasteiger partial charge is 0.373 e. The van der Waals surface area contributed by atoms with Gasteiger partial charge in [-0.25, -0.2) is 8.51 Å². The van der Waals surface area contributed by atoms with Gasteiger partial charge in [0.1, 0.15) is 11.0 Å². The van der Waals surface area contributed by atoms with Crippen LogP contribution in [-0.2, 0) is 27.1 Å². The monoisotopic (exact) mass is 426 g/mol. The number of benzene rings is 2. The third-order valence-corrected chi connectivity index (χ3v) is 6.93. The summed E-state index contributed by atoms with van der Waals surface area (Å²) < 4.78 is 20.7. The summed E-state index contributed by atoms with van der Waals surface area (Å²) in [4.78, 5) is 11.2. The van der Waals surface area contributed by atoms with E-state index in [1.165, 1.54) is 0 Å². The Morgan fingerprint density at radius 1 is 1.15 bits per heavy atom. The summed E-state index contributed by atoms with van der Waals surface area (Å²) in [6.45, 7) is 1.72. The van der Waals surface area contributed by atoms with Crippen molar-refractivity contribution in [1.29, 1.82) is 0 Å². The highest BCUT2D eigenvalue weighted by Crippen LogP contribution is 2.30. The highest BCUT2D eigenvalue weighted by atomic mass is 35.5. The maximum atomic E-state index is 12.8. The molecule has 0 bridgehead atoms. The van der Waals surface area contributed by atoms with Crippen molar-refractivity contribution in [2.75, 3.05) is 18.4 Å².